The SMILES string of the molecule is CCN(CC(C)C#N)c1ncc(CCl)cc1C. The smallest absolute Gasteiger partial charge is 0.131 e. The number of aromatic nitrogens is 1. The lowest BCUT2D eigenvalue weighted by atomic mass is 10.1. The number of nitrogens with zero attached hydrogens (tertiary/aromatic N) is 3. The number of rotatable bonds is 5. The number of pyridine rings is 1. The van der Waals surface area contributed by atoms with Gasteiger partial charge in [-0.15, -0.1) is 11.6 Å². The van der Waals surface area contributed by atoms with E-state index in [0.717, 1.165) is 23.5 Å². The molecular weight excluding hydrogens is 234 g/mol. The van der Waals surface area contributed by atoms with Crippen molar-refractivity contribution in [3.63, 3.8) is 0 Å². The first-order chi connectivity index (χ1) is 8.12. The quantitative estimate of drug-likeness (QED) is 0.755. The predicted octanol–water partition coefficient (Wildman–Crippen LogP) is 3.11. The number of alkyl halides is 1. The van der Waals surface area contributed by atoms with Gasteiger partial charge in [0, 0.05) is 25.2 Å². The van der Waals surface area contributed by atoms with Gasteiger partial charge in [0.25, 0.3) is 0 Å². The Hall–Kier alpha value is -1.27. The minimum Gasteiger partial charge on any atom is -0.355 e. The second-order valence-electron chi connectivity index (χ2n) is 4.19. The summed E-state index contributed by atoms with van der Waals surface area (Å²) in [5.41, 5.74) is 2.13. The van der Waals surface area contributed by atoms with Gasteiger partial charge in [-0.2, -0.15) is 5.26 Å². The number of halogens is 1. The molecule has 1 heterocycles. The van der Waals surface area contributed by atoms with Crippen LogP contribution in [0.5, 0.6) is 0 Å². The maximum absolute atomic E-state index is 8.86. The van der Waals surface area contributed by atoms with Crippen molar-refractivity contribution in [2.24, 2.45) is 5.92 Å². The first kappa shape index (κ1) is 13.8. The van der Waals surface area contributed by atoms with Gasteiger partial charge in [0.2, 0.25) is 0 Å². The zero-order chi connectivity index (χ0) is 12.8. The Balaban J connectivity index is 2.93. The molecular formula is C13H18ClN3. The van der Waals surface area contributed by atoms with E-state index in [1.165, 1.54) is 0 Å². The molecule has 0 N–H and O–H groups in total. The average molecular weight is 252 g/mol. The first-order valence-corrected chi connectivity index (χ1v) is 6.31. The summed E-state index contributed by atoms with van der Waals surface area (Å²) in [6.07, 6.45) is 1.80. The molecule has 1 atom stereocenters. The second kappa shape index (κ2) is 6.46. The Kier molecular flexibility index (Phi) is 5.24. The monoisotopic (exact) mass is 251 g/mol. The number of hydrogen-bond donors (Lipinski definition) is 0. The van der Waals surface area contributed by atoms with Crippen LogP contribution >= 0.6 is 11.6 Å². The van der Waals surface area contributed by atoms with E-state index in [1.807, 2.05) is 13.8 Å². The summed E-state index contributed by atoms with van der Waals surface area (Å²) < 4.78 is 0. The third kappa shape index (κ3) is 3.61. The molecule has 0 radical (unpaired) electrons. The van der Waals surface area contributed by atoms with Crippen molar-refractivity contribution in [2.45, 2.75) is 26.7 Å². The van der Waals surface area contributed by atoms with Gasteiger partial charge in [-0.3, -0.25) is 0 Å². The summed E-state index contributed by atoms with van der Waals surface area (Å²) >= 11 is 5.77. The molecule has 0 aliphatic carbocycles. The molecule has 1 rings (SSSR count). The Bertz CT molecular complexity index is 412. The molecule has 0 fully saturated rings. The Labute approximate surface area is 108 Å². The van der Waals surface area contributed by atoms with Gasteiger partial charge >= 0.3 is 0 Å². The Morgan fingerprint density at radius 1 is 1.59 bits per heavy atom. The van der Waals surface area contributed by atoms with Crippen LogP contribution < -0.4 is 4.90 Å². The summed E-state index contributed by atoms with van der Waals surface area (Å²) in [4.78, 5) is 6.57. The summed E-state index contributed by atoms with van der Waals surface area (Å²) in [7, 11) is 0. The molecule has 3 nitrogen and oxygen atoms in total. The highest BCUT2D eigenvalue weighted by Gasteiger charge is 2.12. The highest BCUT2D eigenvalue weighted by molar-refractivity contribution is 6.17. The van der Waals surface area contributed by atoms with Crippen LogP contribution in [-0.2, 0) is 5.88 Å². The molecule has 1 unspecified atom stereocenters. The van der Waals surface area contributed by atoms with E-state index < -0.39 is 0 Å². The van der Waals surface area contributed by atoms with Gasteiger partial charge < -0.3 is 4.90 Å². The number of hydrogen-bond acceptors (Lipinski definition) is 3. The highest BCUT2D eigenvalue weighted by atomic mass is 35.5. The molecule has 0 bridgehead atoms. The second-order valence-corrected chi connectivity index (χ2v) is 4.45. The molecule has 0 aliphatic heterocycles. The van der Waals surface area contributed by atoms with Crippen molar-refractivity contribution >= 4 is 17.4 Å². The van der Waals surface area contributed by atoms with E-state index in [0.29, 0.717) is 12.4 Å². The molecule has 0 saturated heterocycles. The van der Waals surface area contributed by atoms with Crippen molar-refractivity contribution in [2.75, 3.05) is 18.0 Å². The largest absolute Gasteiger partial charge is 0.355 e. The standard InChI is InChI=1S/C13H18ClN3/c1-4-17(9-10(2)7-15)13-11(3)5-12(6-14)8-16-13/h5,8,10H,4,6,9H2,1-3H3. The third-order valence-corrected chi connectivity index (χ3v) is 2.97. The molecule has 0 aromatic carbocycles. The van der Waals surface area contributed by atoms with Gasteiger partial charge in [-0.1, -0.05) is 0 Å². The molecule has 92 valence electrons. The first-order valence-electron chi connectivity index (χ1n) is 5.78. The van der Waals surface area contributed by atoms with E-state index in [9.17, 15) is 0 Å². The molecule has 17 heavy (non-hydrogen) atoms. The van der Waals surface area contributed by atoms with Crippen LogP contribution in [0.1, 0.15) is 25.0 Å². The lowest BCUT2D eigenvalue weighted by molar-refractivity contribution is 0.677. The van der Waals surface area contributed by atoms with Gasteiger partial charge in [-0.05, 0) is 38.0 Å². The Morgan fingerprint density at radius 2 is 2.29 bits per heavy atom. The van der Waals surface area contributed by atoms with E-state index >= 15 is 0 Å². The maximum Gasteiger partial charge on any atom is 0.131 e. The van der Waals surface area contributed by atoms with E-state index in [-0.39, 0.29) is 5.92 Å². The van der Waals surface area contributed by atoms with Gasteiger partial charge in [0.1, 0.15) is 5.82 Å². The topological polar surface area (TPSA) is 39.9 Å². The van der Waals surface area contributed by atoms with Gasteiger partial charge in [0.15, 0.2) is 0 Å². The van der Waals surface area contributed by atoms with Gasteiger partial charge in [-0.25, -0.2) is 4.98 Å². The molecule has 1 aromatic rings. The predicted molar refractivity (Wildman–Crippen MR) is 71.2 cm³/mol. The minimum absolute atomic E-state index is 0.00357. The highest BCUT2D eigenvalue weighted by Crippen LogP contribution is 2.19. The van der Waals surface area contributed by atoms with Crippen LogP contribution in [0.2, 0.25) is 0 Å². The van der Waals surface area contributed by atoms with Crippen molar-refractivity contribution < 1.29 is 0 Å². The van der Waals surface area contributed by atoms with Crippen molar-refractivity contribution in [3.05, 3.63) is 23.4 Å². The van der Waals surface area contributed by atoms with E-state index in [1.54, 1.807) is 6.20 Å². The molecule has 0 spiro atoms. The molecule has 4 heteroatoms. The van der Waals surface area contributed by atoms with Crippen molar-refractivity contribution in [1.29, 1.82) is 5.26 Å². The summed E-state index contributed by atoms with van der Waals surface area (Å²) in [5, 5.41) is 8.86. The summed E-state index contributed by atoms with van der Waals surface area (Å²) in [5.74, 6) is 1.43. The van der Waals surface area contributed by atoms with Gasteiger partial charge in [0.05, 0.1) is 12.0 Å². The molecule has 0 aliphatic rings. The zero-order valence-electron chi connectivity index (χ0n) is 10.6. The molecule has 0 saturated carbocycles. The van der Waals surface area contributed by atoms with Crippen molar-refractivity contribution in [3.8, 4) is 6.07 Å². The van der Waals surface area contributed by atoms with Crippen LogP contribution in [0.15, 0.2) is 12.3 Å². The molecule has 0 amide bonds. The van der Waals surface area contributed by atoms with E-state index in [2.05, 4.69) is 28.9 Å². The lowest BCUT2D eigenvalue weighted by Gasteiger charge is -2.24. The number of anilines is 1. The van der Waals surface area contributed by atoms with Crippen LogP contribution in [0.4, 0.5) is 5.82 Å². The lowest BCUT2D eigenvalue weighted by Crippen LogP contribution is -2.29. The fourth-order valence-electron chi connectivity index (χ4n) is 1.77. The fraction of sp³-hybridized carbons (Fsp3) is 0.538. The average Bonchev–Trinajstić information content (AvgIpc) is 2.35. The minimum atomic E-state index is 0.00357. The maximum atomic E-state index is 8.86. The van der Waals surface area contributed by atoms with Crippen LogP contribution in [0, 0.1) is 24.2 Å². The molecule has 1 aromatic heterocycles. The normalized spacial score (nSPS) is 11.9. The summed E-state index contributed by atoms with van der Waals surface area (Å²) in [6, 6.07) is 4.30. The van der Waals surface area contributed by atoms with Crippen molar-refractivity contribution in [1.82, 2.24) is 4.98 Å². The zero-order valence-corrected chi connectivity index (χ0v) is 11.3. The number of nitriles is 1. The Morgan fingerprint density at radius 3 is 2.76 bits per heavy atom. The fourth-order valence-corrected chi connectivity index (χ4v) is 1.91. The van der Waals surface area contributed by atoms with Crippen LogP contribution in [0.25, 0.3) is 0 Å². The number of aryl methyl sites for hydroxylation is 1. The van der Waals surface area contributed by atoms with Crippen LogP contribution in [-0.4, -0.2) is 18.1 Å². The van der Waals surface area contributed by atoms with E-state index in [4.69, 9.17) is 16.9 Å². The third-order valence-electron chi connectivity index (χ3n) is 2.66. The van der Waals surface area contributed by atoms with Crippen LogP contribution in [0.3, 0.4) is 0 Å². The summed E-state index contributed by atoms with van der Waals surface area (Å²) in [6.45, 7) is 7.57.